The lowest BCUT2D eigenvalue weighted by atomic mass is 10.1. The summed E-state index contributed by atoms with van der Waals surface area (Å²) in [5.74, 6) is 1.50. The second kappa shape index (κ2) is 9.10. The highest BCUT2D eigenvalue weighted by Gasteiger charge is 2.24. The first-order valence-corrected chi connectivity index (χ1v) is 10.7. The third-order valence-electron chi connectivity index (χ3n) is 5.74. The summed E-state index contributed by atoms with van der Waals surface area (Å²) in [5, 5.41) is 13.8. The molecule has 1 amide bonds. The molecule has 0 bridgehead atoms. The molecule has 1 atom stereocenters. The van der Waals surface area contributed by atoms with Gasteiger partial charge in [0.25, 0.3) is 0 Å². The summed E-state index contributed by atoms with van der Waals surface area (Å²) in [6.07, 6.45) is 6.83. The number of rotatable bonds is 6. The number of amides is 1. The topological polar surface area (TPSA) is 86.8 Å². The zero-order valence-corrected chi connectivity index (χ0v) is 18.4. The molecule has 0 aliphatic carbocycles. The first kappa shape index (κ1) is 21.4. The molecular weight excluding hydrogens is 404 g/mol. The van der Waals surface area contributed by atoms with Crippen LogP contribution in [0.4, 0.5) is 5.82 Å². The Morgan fingerprint density at radius 1 is 1.31 bits per heavy atom. The van der Waals surface area contributed by atoms with E-state index in [1.54, 1.807) is 23.0 Å². The van der Waals surface area contributed by atoms with Crippen molar-refractivity contribution in [3.63, 3.8) is 0 Å². The van der Waals surface area contributed by atoms with Gasteiger partial charge in [0.05, 0.1) is 36.0 Å². The number of pyridine rings is 2. The van der Waals surface area contributed by atoms with Gasteiger partial charge in [0.15, 0.2) is 0 Å². The van der Waals surface area contributed by atoms with E-state index in [9.17, 15) is 10.1 Å². The standard InChI is InChI=1S/C24H26N6O2/c1-4-17(3)24(31)29-10-8-28(9-11-29)22-7-6-18(14-26-22)21-12-20(32-5-2)16-30-23(21)19(13-25)15-27-30/h4,6-7,12,14-17H,1,5,8-11H2,2-3H3. The fraction of sp³-hybridized carbons (Fsp3) is 0.333. The highest BCUT2D eigenvalue weighted by molar-refractivity contribution is 5.85. The summed E-state index contributed by atoms with van der Waals surface area (Å²) in [6.45, 7) is 10.8. The number of ether oxygens (including phenoxy) is 1. The Morgan fingerprint density at radius 2 is 2.09 bits per heavy atom. The minimum atomic E-state index is -0.162. The Balaban J connectivity index is 1.57. The summed E-state index contributed by atoms with van der Waals surface area (Å²) in [4.78, 5) is 21.1. The van der Waals surface area contributed by atoms with Crippen molar-refractivity contribution in [3.05, 3.63) is 55.0 Å². The van der Waals surface area contributed by atoms with E-state index in [1.165, 1.54) is 0 Å². The van der Waals surface area contributed by atoms with Crippen LogP contribution >= 0.6 is 0 Å². The van der Waals surface area contributed by atoms with E-state index in [0.717, 1.165) is 35.6 Å². The number of carbonyl (C=O) groups is 1. The van der Waals surface area contributed by atoms with Gasteiger partial charge in [-0.3, -0.25) is 4.79 Å². The molecular formula is C24H26N6O2. The van der Waals surface area contributed by atoms with Crippen LogP contribution in [-0.2, 0) is 4.79 Å². The molecule has 0 saturated carbocycles. The summed E-state index contributed by atoms with van der Waals surface area (Å²) < 4.78 is 7.36. The highest BCUT2D eigenvalue weighted by Crippen LogP contribution is 2.31. The normalized spacial score (nSPS) is 14.8. The summed E-state index contributed by atoms with van der Waals surface area (Å²) in [6, 6.07) is 8.11. The van der Waals surface area contributed by atoms with Crippen molar-refractivity contribution < 1.29 is 9.53 Å². The molecule has 1 fully saturated rings. The molecule has 1 saturated heterocycles. The SMILES string of the molecule is C=CC(C)C(=O)N1CCN(c2ccc(-c3cc(OCC)cn4ncc(C#N)c34)cn2)CC1. The second-order valence-corrected chi connectivity index (χ2v) is 7.73. The third kappa shape index (κ3) is 4.02. The van der Waals surface area contributed by atoms with Gasteiger partial charge in [-0.2, -0.15) is 10.4 Å². The monoisotopic (exact) mass is 430 g/mol. The van der Waals surface area contributed by atoms with Crippen LogP contribution in [0, 0.1) is 17.2 Å². The van der Waals surface area contributed by atoms with E-state index in [2.05, 4.69) is 27.6 Å². The van der Waals surface area contributed by atoms with E-state index < -0.39 is 0 Å². The van der Waals surface area contributed by atoms with Gasteiger partial charge in [-0.25, -0.2) is 9.50 Å². The Hall–Kier alpha value is -3.86. The van der Waals surface area contributed by atoms with Gasteiger partial charge in [0.1, 0.15) is 17.6 Å². The van der Waals surface area contributed by atoms with Gasteiger partial charge in [-0.1, -0.05) is 13.0 Å². The molecule has 0 aromatic carbocycles. The Bertz CT molecular complexity index is 1170. The van der Waals surface area contributed by atoms with Crippen LogP contribution in [0.1, 0.15) is 19.4 Å². The first-order valence-electron chi connectivity index (χ1n) is 10.7. The smallest absolute Gasteiger partial charge is 0.229 e. The van der Waals surface area contributed by atoms with Crippen molar-refractivity contribution in [2.45, 2.75) is 13.8 Å². The lowest BCUT2D eigenvalue weighted by Gasteiger charge is -2.36. The molecule has 3 aromatic heterocycles. The van der Waals surface area contributed by atoms with Crippen LogP contribution in [0.5, 0.6) is 5.75 Å². The maximum Gasteiger partial charge on any atom is 0.229 e. The molecule has 3 aromatic rings. The molecule has 4 rings (SSSR count). The average molecular weight is 431 g/mol. The number of hydrogen-bond donors (Lipinski definition) is 0. The van der Waals surface area contributed by atoms with Gasteiger partial charge >= 0.3 is 0 Å². The molecule has 1 aliphatic heterocycles. The number of nitrogens with zero attached hydrogens (tertiary/aromatic N) is 6. The Labute approximate surface area is 187 Å². The van der Waals surface area contributed by atoms with Crippen LogP contribution in [0.3, 0.4) is 0 Å². The molecule has 4 heterocycles. The molecule has 164 valence electrons. The minimum Gasteiger partial charge on any atom is -0.492 e. The molecule has 0 spiro atoms. The molecule has 8 heteroatoms. The molecule has 0 N–H and O–H groups in total. The van der Waals surface area contributed by atoms with Crippen LogP contribution in [-0.4, -0.2) is 58.2 Å². The summed E-state index contributed by atoms with van der Waals surface area (Å²) in [7, 11) is 0. The van der Waals surface area contributed by atoms with Crippen LogP contribution in [0.15, 0.2) is 49.4 Å². The quantitative estimate of drug-likeness (QED) is 0.559. The van der Waals surface area contributed by atoms with Gasteiger partial charge in [-0.05, 0) is 25.1 Å². The van der Waals surface area contributed by atoms with E-state index in [1.807, 2.05) is 43.1 Å². The van der Waals surface area contributed by atoms with E-state index >= 15 is 0 Å². The van der Waals surface area contributed by atoms with Crippen LogP contribution < -0.4 is 9.64 Å². The Morgan fingerprint density at radius 3 is 2.72 bits per heavy atom. The van der Waals surface area contributed by atoms with Gasteiger partial charge in [-0.15, -0.1) is 6.58 Å². The van der Waals surface area contributed by atoms with Crippen molar-refractivity contribution in [2.75, 3.05) is 37.7 Å². The van der Waals surface area contributed by atoms with Gasteiger partial charge in [0.2, 0.25) is 5.91 Å². The van der Waals surface area contributed by atoms with Crippen molar-refractivity contribution >= 4 is 17.2 Å². The fourth-order valence-electron chi connectivity index (χ4n) is 3.92. The van der Waals surface area contributed by atoms with E-state index in [4.69, 9.17) is 4.74 Å². The number of fused-ring (bicyclic) bond motifs is 1. The molecule has 0 radical (unpaired) electrons. The number of nitriles is 1. The van der Waals surface area contributed by atoms with E-state index in [0.29, 0.717) is 31.0 Å². The highest BCUT2D eigenvalue weighted by atomic mass is 16.5. The average Bonchev–Trinajstić information content (AvgIpc) is 3.26. The zero-order valence-electron chi connectivity index (χ0n) is 18.4. The number of anilines is 1. The number of aromatic nitrogens is 3. The first-order chi connectivity index (χ1) is 15.5. The van der Waals surface area contributed by atoms with E-state index in [-0.39, 0.29) is 11.8 Å². The third-order valence-corrected chi connectivity index (χ3v) is 5.74. The summed E-state index contributed by atoms with van der Waals surface area (Å²) in [5.41, 5.74) is 2.96. The fourth-order valence-corrected chi connectivity index (χ4v) is 3.92. The lowest BCUT2D eigenvalue weighted by Crippen LogP contribution is -2.50. The predicted molar refractivity (Wildman–Crippen MR) is 122 cm³/mol. The summed E-state index contributed by atoms with van der Waals surface area (Å²) >= 11 is 0. The maximum atomic E-state index is 12.4. The van der Waals surface area contributed by atoms with Crippen molar-refractivity contribution in [2.24, 2.45) is 5.92 Å². The predicted octanol–water partition coefficient (Wildman–Crippen LogP) is 3.14. The van der Waals surface area contributed by atoms with Gasteiger partial charge in [0, 0.05) is 43.5 Å². The molecule has 1 unspecified atom stereocenters. The number of hydrogen-bond acceptors (Lipinski definition) is 6. The second-order valence-electron chi connectivity index (χ2n) is 7.73. The minimum absolute atomic E-state index is 0.121. The Kier molecular flexibility index (Phi) is 6.08. The zero-order chi connectivity index (χ0) is 22.7. The van der Waals surface area contributed by atoms with Gasteiger partial charge < -0.3 is 14.5 Å². The lowest BCUT2D eigenvalue weighted by molar-refractivity contribution is -0.133. The maximum absolute atomic E-state index is 12.4. The molecule has 1 aliphatic rings. The van der Waals surface area contributed by atoms with Crippen LogP contribution in [0.2, 0.25) is 0 Å². The van der Waals surface area contributed by atoms with Crippen molar-refractivity contribution in [3.8, 4) is 22.9 Å². The molecule has 8 nitrogen and oxygen atoms in total. The van der Waals surface area contributed by atoms with Crippen molar-refractivity contribution in [1.29, 1.82) is 5.26 Å². The number of carbonyl (C=O) groups excluding carboxylic acids is 1. The number of piperazine rings is 1. The molecule has 32 heavy (non-hydrogen) atoms. The van der Waals surface area contributed by atoms with Crippen LogP contribution in [0.25, 0.3) is 16.6 Å². The van der Waals surface area contributed by atoms with Crippen molar-refractivity contribution in [1.82, 2.24) is 19.5 Å². The largest absolute Gasteiger partial charge is 0.492 e.